The first-order valence-corrected chi connectivity index (χ1v) is 8.05. The van der Waals surface area contributed by atoms with Crippen molar-refractivity contribution in [2.45, 2.75) is 57.3 Å². The zero-order valence-corrected chi connectivity index (χ0v) is 12.4. The summed E-state index contributed by atoms with van der Waals surface area (Å²) in [4.78, 5) is 16.3. The number of nitrogens with one attached hydrogen (secondary N) is 1. The van der Waals surface area contributed by atoms with Gasteiger partial charge in [0.1, 0.15) is 5.82 Å². The van der Waals surface area contributed by atoms with Gasteiger partial charge in [0.15, 0.2) is 0 Å². The summed E-state index contributed by atoms with van der Waals surface area (Å²) < 4.78 is 0. The van der Waals surface area contributed by atoms with Crippen LogP contribution >= 0.6 is 0 Å². The van der Waals surface area contributed by atoms with Crippen LogP contribution in [0.5, 0.6) is 0 Å². The van der Waals surface area contributed by atoms with Crippen molar-refractivity contribution in [3.63, 3.8) is 0 Å². The number of anilines is 2. The van der Waals surface area contributed by atoms with Crippen LogP contribution in [0, 0.1) is 0 Å². The van der Waals surface area contributed by atoms with Gasteiger partial charge in [0, 0.05) is 26.1 Å². The van der Waals surface area contributed by atoms with Crippen LogP contribution < -0.4 is 10.2 Å². The third-order valence-corrected chi connectivity index (χ3v) is 4.47. The lowest BCUT2D eigenvalue weighted by atomic mass is 9.89. The van der Waals surface area contributed by atoms with Crippen LogP contribution in [0.25, 0.3) is 0 Å². The summed E-state index contributed by atoms with van der Waals surface area (Å²) in [6, 6.07) is 0. The third-order valence-electron chi connectivity index (χ3n) is 4.47. The summed E-state index contributed by atoms with van der Waals surface area (Å²) in [7, 11) is 1.89. The van der Waals surface area contributed by atoms with E-state index in [1.807, 2.05) is 7.05 Å². The van der Waals surface area contributed by atoms with Gasteiger partial charge in [0.25, 0.3) is 0 Å². The van der Waals surface area contributed by atoms with Gasteiger partial charge in [0.05, 0.1) is 0 Å². The Hall–Kier alpha value is -1.39. The molecule has 2 aliphatic rings. The van der Waals surface area contributed by atoms with Gasteiger partial charge in [0.2, 0.25) is 11.9 Å². The van der Waals surface area contributed by atoms with E-state index in [4.69, 9.17) is 4.98 Å². The third kappa shape index (κ3) is 3.02. The summed E-state index contributed by atoms with van der Waals surface area (Å²) >= 11 is 0. The molecule has 0 spiro atoms. The smallest absolute Gasteiger partial charge is 0.230 e. The molecule has 1 aliphatic carbocycles. The molecular weight excluding hydrogens is 250 g/mol. The van der Waals surface area contributed by atoms with Crippen molar-refractivity contribution in [3.05, 3.63) is 5.82 Å². The van der Waals surface area contributed by atoms with E-state index in [1.165, 1.54) is 51.4 Å². The highest BCUT2D eigenvalue weighted by Crippen LogP contribution is 2.31. The van der Waals surface area contributed by atoms with E-state index in [9.17, 15) is 0 Å². The molecule has 0 unspecified atom stereocenters. The molecule has 0 amide bonds. The van der Waals surface area contributed by atoms with Crippen LogP contribution in [0.1, 0.15) is 63.1 Å². The van der Waals surface area contributed by atoms with Crippen molar-refractivity contribution in [1.29, 1.82) is 0 Å². The fourth-order valence-electron chi connectivity index (χ4n) is 3.27. The highest BCUT2D eigenvalue weighted by Gasteiger charge is 2.22. The predicted molar refractivity (Wildman–Crippen MR) is 81.3 cm³/mol. The van der Waals surface area contributed by atoms with Crippen LogP contribution in [0.15, 0.2) is 0 Å². The van der Waals surface area contributed by atoms with E-state index < -0.39 is 0 Å². The molecular formula is C15H25N5. The molecule has 2 fully saturated rings. The SMILES string of the molecule is CNc1nc(C2CCCCC2)nc(N2CCCCC2)n1. The molecule has 1 N–H and O–H groups in total. The maximum atomic E-state index is 4.79. The fourth-order valence-corrected chi connectivity index (χ4v) is 3.27. The van der Waals surface area contributed by atoms with E-state index in [1.54, 1.807) is 0 Å². The zero-order chi connectivity index (χ0) is 13.8. The molecule has 1 aromatic heterocycles. The van der Waals surface area contributed by atoms with Gasteiger partial charge in [-0.2, -0.15) is 15.0 Å². The van der Waals surface area contributed by atoms with Crippen LogP contribution in [-0.4, -0.2) is 35.1 Å². The maximum Gasteiger partial charge on any atom is 0.230 e. The zero-order valence-electron chi connectivity index (χ0n) is 12.4. The predicted octanol–water partition coefficient (Wildman–Crippen LogP) is 2.95. The molecule has 1 saturated heterocycles. The van der Waals surface area contributed by atoms with Crippen LogP contribution in [0.2, 0.25) is 0 Å². The fraction of sp³-hybridized carbons (Fsp3) is 0.800. The van der Waals surface area contributed by atoms with Crippen LogP contribution in [0.3, 0.4) is 0 Å². The van der Waals surface area contributed by atoms with Gasteiger partial charge >= 0.3 is 0 Å². The van der Waals surface area contributed by atoms with E-state index >= 15 is 0 Å². The second-order valence-corrected chi connectivity index (χ2v) is 5.95. The molecule has 1 aliphatic heterocycles. The Morgan fingerprint density at radius 2 is 1.60 bits per heavy atom. The Morgan fingerprint density at radius 3 is 2.30 bits per heavy atom. The van der Waals surface area contributed by atoms with E-state index in [-0.39, 0.29) is 0 Å². The largest absolute Gasteiger partial charge is 0.357 e. The van der Waals surface area contributed by atoms with Crippen molar-refractivity contribution in [1.82, 2.24) is 15.0 Å². The Morgan fingerprint density at radius 1 is 0.900 bits per heavy atom. The molecule has 110 valence electrons. The van der Waals surface area contributed by atoms with E-state index in [0.717, 1.165) is 30.8 Å². The number of hydrogen-bond donors (Lipinski definition) is 1. The van der Waals surface area contributed by atoms with Gasteiger partial charge in [-0.25, -0.2) is 0 Å². The highest BCUT2D eigenvalue weighted by atomic mass is 15.3. The van der Waals surface area contributed by atoms with Crippen molar-refractivity contribution in [2.75, 3.05) is 30.4 Å². The van der Waals surface area contributed by atoms with Crippen LogP contribution in [0.4, 0.5) is 11.9 Å². The first-order valence-electron chi connectivity index (χ1n) is 8.05. The van der Waals surface area contributed by atoms with Crippen molar-refractivity contribution in [2.24, 2.45) is 0 Å². The molecule has 5 heteroatoms. The second kappa shape index (κ2) is 6.37. The van der Waals surface area contributed by atoms with E-state index in [0.29, 0.717) is 5.92 Å². The Kier molecular flexibility index (Phi) is 4.33. The Balaban J connectivity index is 1.85. The molecule has 0 bridgehead atoms. The number of nitrogens with zero attached hydrogens (tertiary/aromatic N) is 4. The number of rotatable bonds is 3. The molecule has 0 atom stereocenters. The molecule has 0 aromatic carbocycles. The molecule has 3 rings (SSSR count). The lowest BCUT2D eigenvalue weighted by Gasteiger charge is -2.28. The number of aromatic nitrogens is 3. The number of piperidine rings is 1. The quantitative estimate of drug-likeness (QED) is 0.919. The summed E-state index contributed by atoms with van der Waals surface area (Å²) in [5.74, 6) is 3.14. The summed E-state index contributed by atoms with van der Waals surface area (Å²) in [5, 5.41) is 3.10. The minimum absolute atomic E-state index is 0.530. The lowest BCUT2D eigenvalue weighted by molar-refractivity contribution is 0.427. The average Bonchev–Trinajstić information content (AvgIpc) is 2.56. The molecule has 0 radical (unpaired) electrons. The van der Waals surface area contributed by atoms with Crippen molar-refractivity contribution >= 4 is 11.9 Å². The first-order chi connectivity index (χ1) is 9.86. The Labute approximate surface area is 121 Å². The number of hydrogen-bond acceptors (Lipinski definition) is 5. The van der Waals surface area contributed by atoms with Gasteiger partial charge in [-0.05, 0) is 32.1 Å². The minimum Gasteiger partial charge on any atom is -0.357 e. The van der Waals surface area contributed by atoms with Crippen molar-refractivity contribution in [3.8, 4) is 0 Å². The standard InChI is InChI=1S/C15H25N5/c1-16-14-17-13(12-8-4-2-5-9-12)18-15(19-14)20-10-6-3-7-11-20/h12H,2-11H2,1H3,(H,16,17,18,19). The molecule has 20 heavy (non-hydrogen) atoms. The molecule has 1 aromatic rings. The molecule has 5 nitrogen and oxygen atoms in total. The van der Waals surface area contributed by atoms with Gasteiger partial charge in [-0.15, -0.1) is 0 Å². The molecule has 1 saturated carbocycles. The van der Waals surface area contributed by atoms with Crippen molar-refractivity contribution < 1.29 is 0 Å². The van der Waals surface area contributed by atoms with Gasteiger partial charge in [-0.3, -0.25) is 0 Å². The van der Waals surface area contributed by atoms with Gasteiger partial charge in [-0.1, -0.05) is 19.3 Å². The highest BCUT2D eigenvalue weighted by molar-refractivity contribution is 5.37. The topological polar surface area (TPSA) is 53.9 Å². The van der Waals surface area contributed by atoms with Crippen LogP contribution in [-0.2, 0) is 0 Å². The summed E-state index contributed by atoms with van der Waals surface area (Å²) in [6.07, 6.45) is 10.3. The monoisotopic (exact) mass is 275 g/mol. The minimum atomic E-state index is 0.530. The van der Waals surface area contributed by atoms with Gasteiger partial charge < -0.3 is 10.2 Å². The normalized spacial score (nSPS) is 20.9. The lowest BCUT2D eigenvalue weighted by Crippen LogP contribution is -2.31. The Bertz CT molecular complexity index is 400. The van der Waals surface area contributed by atoms with E-state index in [2.05, 4.69) is 20.2 Å². The maximum absolute atomic E-state index is 4.79. The summed E-state index contributed by atoms with van der Waals surface area (Å²) in [5.41, 5.74) is 0. The molecule has 2 heterocycles. The average molecular weight is 275 g/mol. The first kappa shape index (κ1) is 13.6. The second-order valence-electron chi connectivity index (χ2n) is 5.95. The summed E-state index contributed by atoms with van der Waals surface area (Å²) in [6.45, 7) is 2.16.